The van der Waals surface area contributed by atoms with Gasteiger partial charge in [0.25, 0.3) is 11.5 Å². The highest BCUT2D eigenvalue weighted by Crippen LogP contribution is 2.32. The number of aryl methyl sites for hydroxylation is 2. The fraction of sp³-hybridized carbons (Fsp3) is 0.378. The highest BCUT2D eigenvalue weighted by Gasteiger charge is 2.32. The lowest BCUT2D eigenvalue weighted by Gasteiger charge is -2.37. The van der Waals surface area contributed by atoms with E-state index in [1.54, 1.807) is 10.6 Å². The number of para-hydroxylation sites is 1. The summed E-state index contributed by atoms with van der Waals surface area (Å²) >= 11 is 7.56. The Kier molecular flexibility index (Phi) is 10.4. The molecule has 0 bridgehead atoms. The number of benzene rings is 2. The second-order valence-corrected chi connectivity index (χ2v) is 13.7. The van der Waals surface area contributed by atoms with Crippen LogP contribution < -0.4 is 10.9 Å². The molecular weight excluding hydrogens is 600 g/mol. The van der Waals surface area contributed by atoms with Crippen molar-refractivity contribution >= 4 is 34.9 Å². The molecule has 0 aliphatic carbocycles. The predicted octanol–water partition coefficient (Wildman–Crippen LogP) is 8.29. The topological polar surface area (TPSA) is 67.2 Å². The third kappa shape index (κ3) is 7.01. The number of nitrogens with zero attached hydrogens (tertiary/aromatic N) is 3. The van der Waals surface area contributed by atoms with E-state index in [4.69, 9.17) is 16.6 Å². The summed E-state index contributed by atoms with van der Waals surface area (Å²) in [5.74, 6) is 0.392. The summed E-state index contributed by atoms with van der Waals surface area (Å²) in [6.07, 6.45) is 4.40. The number of hydrogen-bond donors (Lipinski definition) is 1. The molecule has 1 atom stereocenters. The number of nitrogens with one attached hydrogen (secondary N) is 1. The van der Waals surface area contributed by atoms with Crippen LogP contribution in [0.1, 0.15) is 75.1 Å². The monoisotopic (exact) mass is 642 g/mol. The van der Waals surface area contributed by atoms with E-state index in [1.807, 2.05) is 54.5 Å². The van der Waals surface area contributed by atoms with Crippen molar-refractivity contribution in [3.05, 3.63) is 97.2 Å². The molecule has 1 aliphatic rings. The smallest absolute Gasteiger partial charge is 0.265 e. The number of halogens is 1. The first-order chi connectivity index (χ1) is 21.6. The molecule has 8 heteroatoms. The van der Waals surface area contributed by atoms with Gasteiger partial charge in [-0.15, -0.1) is 11.3 Å². The van der Waals surface area contributed by atoms with Crippen molar-refractivity contribution < 1.29 is 4.79 Å². The van der Waals surface area contributed by atoms with Crippen LogP contribution in [0.2, 0.25) is 5.02 Å². The number of pyridine rings is 1. The number of carbonyl (C=O) groups excluding carboxylic acids is 1. The van der Waals surface area contributed by atoms with Crippen molar-refractivity contribution in [2.75, 3.05) is 19.6 Å². The Morgan fingerprint density at radius 3 is 2.42 bits per heavy atom. The maximum atomic E-state index is 14.8. The number of amides is 1. The summed E-state index contributed by atoms with van der Waals surface area (Å²) in [7, 11) is 0. The Balaban J connectivity index is 1.81. The second kappa shape index (κ2) is 14.3. The standard InChI is InChI=1S/C37H43ClN4O2S/c1-7-25-10-9-11-26(8-2)34(25)42-33(19-24(5)6)30(36(43)41-17-16-39-21-29(41)18-23(3)4)20-31(37(42)44)35-40-32(22-45-35)27-12-14-28(38)15-13-27/h9-15,19-20,22-23,29,39H,7-8,16-18,21H2,1-6H3. The molecule has 6 nitrogen and oxygen atoms in total. The summed E-state index contributed by atoms with van der Waals surface area (Å²) in [5.41, 5.74) is 7.09. The molecular formula is C37H43ClN4O2S. The number of allylic oxidation sites excluding steroid dienone is 1. The van der Waals surface area contributed by atoms with Crippen molar-refractivity contribution in [2.45, 2.75) is 66.8 Å². The van der Waals surface area contributed by atoms with Crippen molar-refractivity contribution in [2.24, 2.45) is 5.92 Å². The van der Waals surface area contributed by atoms with Crippen molar-refractivity contribution in [3.8, 4) is 27.5 Å². The highest BCUT2D eigenvalue weighted by atomic mass is 35.5. The average Bonchev–Trinajstić information content (AvgIpc) is 3.51. The molecule has 1 amide bonds. The summed E-state index contributed by atoms with van der Waals surface area (Å²) in [6.45, 7) is 14.7. The second-order valence-electron chi connectivity index (χ2n) is 12.4. The highest BCUT2D eigenvalue weighted by molar-refractivity contribution is 7.13. The van der Waals surface area contributed by atoms with Crippen LogP contribution in [0.3, 0.4) is 0 Å². The van der Waals surface area contributed by atoms with Crippen LogP contribution in [0.4, 0.5) is 0 Å². The summed E-state index contributed by atoms with van der Waals surface area (Å²) in [6, 6.07) is 15.6. The first kappa shape index (κ1) is 32.9. The van der Waals surface area contributed by atoms with Gasteiger partial charge in [-0.1, -0.05) is 75.2 Å². The first-order valence-electron chi connectivity index (χ1n) is 15.9. The van der Waals surface area contributed by atoms with Gasteiger partial charge in [0.05, 0.1) is 28.2 Å². The molecule has 0 saturated carbocycles. The Morgan fingerprint density at radius 1 is 1.11 bits per heavy atom. The van der Waals surface area contributed by atoms with E-state index in [0.29, 0.717) is 39.3 Å². The first-order valence-corrected chi connectivity index (χ1v) is 17.2. The van der Waals surface area contributed by atoms with Gasteiger partial charge < -0.3 is 10.2 Å². The molecule has 0 spiro atoms. The molecule has 2 aromatic heterocycles. The maximum absolute atomic E-state index is 14.8. The lowest BCUT2D eigenvalue weighted by molar-refractivity contribution is 0.0609. The summed E-state index contributed by atoms with van der Waals surface area (Å²) in [5, 5.41) is 6.68. The van der Waals surface area contributed by atoms with Gasteiger partial charge in [-0.25, -0.2) is 4.98 Å². The minimum absolute atomic E-state index is 0.0499. The number of carbonyl (C=O) groups is 1. The van der Waals surface area contributed by atoms with Crippen LogP contribution >= 0.6 is 22.9 Å². The van der Waals surface area contributed by atoms with Crippen LogP contribution in [-0.2, 0) is 12.8 Å². The Bertz CT molecular complexity index is 1740. The van der Waals surface area contributed by atoms with Crippen LogP contribution in [0.5, 0.6) is 0 Å². The van der Waals surface area contributed by atoms with E-state index in [0.717, 1.165) is 66.0 Å². The predicted molar refractivity (Wildman–Crippen MR) is 189 cm³/mol. The lowest BCUT2D eigenvalue weighted by atomic mass is 9.97. The molecule has 1 unspecified atom stereocenters. The molecule has 1 aliphatic heterocycles. The van der Waals surface area contributed by atoms with Gasteiger partial charge in [-0.3, -0.25) is 14.2 Å². The molecule has 4 aromatic rings. The number of hydrogen-bond acceptors (Lipinski definition) is 5. The zero-order valence-corrected chi connectivity index (χ0v) is 28.7. The Hall–Kier alpha value is -3.52. The molecule has 2 aromatic carbocycles. The van der Waals surface area contributed by atoms with E-state index in [1.165, 1.54) is 11.3 Å². The molecule has 3 heterocycles. The van der Waals surface area contributed by atoms with E-state index < -0.39 is 0 Å². The van der Waals surface area contributed by atoms with Gasteiger partial charge in [0.1, 0.15) is 5.01 Å². The molecule has 0 radical (unpaired) electrons. The number of rotatable bonds is 9. The molecule has 5 rings (SSSR count). The SMILES string of the molecule is CCc1cccc(CC)c1-n1c(C=C(C)C)c(C(=O)N2CCNCC2CC(C)C)cc(-c2nc(-c3ccc(Cl)cc3)cs2)c1=O. The van der Waals surface area contributed by atoms with Crippen LogP contribution in [0.15, 0.2) is 64.3 Å². The van der Waals surface area contributed by atoms with E-state index in [-0.39, 0.29) is 17.5 Å². The maximum Gasteiger partial charge on any atom is 0.265 e. The number of piperazine rings is 1. The van der Waals surface area contributed by atoms with E-state index >= 15 is 0 Å². The van der Waals surface area contributed by atoms with Crippen molar-refractivity contribution in [1.82, 2.24) is 19.8 Å². The zero-order chi connectivity index (χ0) is 32.2. The van der Waals surface area contributed by atoms with Gasteiger partial charge in [-0.2, -0.15) is 0 Å². The number of thiazole rings is 1. The van der Waals surface area contributed by atoms with E-state index in [2.05, 4.69) is 51.2 Å². The summed E-state index contributed by atoms with van der Waals surface area (Å²) in [4.78, 5) is 36.5. The Labute approximate surface area is 275 Å². The van der Waals surface area contributed by atoms with E-state index in [9.17, 15) is 9.59 Å². The lowest BCUT2D eigenvalue weighted by Crippen LogP contribution is -2.54. The summed E-state index contributed by atoms with van der Waals surface area (Å²) < 4.78 is 1.80. The molecule has 1 fully saturated rings. The normalized spacial score (nSPS) is 15.0. The molecule has 45 heavy (non-hydrogen) atoms. The zero-order valence-electron chi connectivity index (χ0n) is 27.1. The third-order valence-corrected chi connectivity index (χ3v) is 9.44. The van der Waals surface area contributed by atoms with Crippen molar-refractivity contribution in [1.29, 1.82) is 0 Å². The fourth-order valence-corrected chi connectivity index (χ4v) is 7.15. The van der Waals surface area contributed by atoms with Gasteiger partial charge >= 0.3 is 0 Å². The third-order valence-electron chi connectivity index (χ3n) is 8.31. The van der Waals surface area contributed by atoms with Crippen LogP contribution in [0.25, 0.3) is 33.6 Å². The minimum atomic E-state index is -0.175. The minimum Gasteiger partial charge on any atom is -0.333 e. The molecule has 236 valence electrons. The molecule has 1 N–H and O–H groups in total. The average molecular weight is 643 g/mol. The van der Waals surface area contributed by atoms with Gasteiger partial charge in [0.15, 0.2) is 0 Å². The van der Waals surface area contributed by atoms with Crippen molar-refractivity contribution in [3.63, 3.8) is 0 Å². The largest absolute Gasteiger partial charge is 0.333 e. The quantitative estimate of drug-likeness (QED) is 0.199. The van der Waals surface area contributed by atoms with Gasteiger partial charge in [0, 0.05) is 41.6 Å². The number of aromatic nitrogens is 2. The van der Waals surface area contributed by atoms with Crippen LogP contribution in [0, 0.1) is 5.92 Å². The van der Waals surface area contributed by atoms with Crippen LogP contribution in [-0.4, -0.2) is 46.0 Å². The van der Waals surface area contributed by atoms with Gasteiger partial charge in [0.2, 0.25) is 0 Å². The van der Waals surface area contributed by atoms with Gasteiger partial charge in [-0.05, 0) is 74.4 Å². The fourth-order valence-electron chi connectivity index (χ4n) is 6.18. The molecule has 1 saturated heterocycles. The Morgan fingerprint density at radius 2 is 1.80 bits per heavy atom.